The zero-order valence-corrected chi connectivity index (χ0v) is 20.1. The fraction of sp³-hybridized carbons (Fsp3) is 0.417. The summed E-state index contributed by atoms with van der Waals surface area (Å²) in [6, 6.07) is 15.0. The molecule has 3 rings (SSSR count). The number of aryl methyl sites for hydroxylation is 2. The SMILES string of the molecule is CCN(Cc1ccccc1)C(=O)CCc1nc2cc(S(=O)(=O)N(CC)CC)ccc2n1C. The van der Waals surface area contributed by atoms with Crippen LogP contribution in [0.15, 0.2) is 53.4 Å². The summed E-state index contributed by atoms with van der Waals surface area (Å²) in [5.74, 6) is 0.842. The number of hydrogen-bond donors (Lipinski definition) is 0. The second kappa shape index (κ2) is 10.3. The number of carbonyl (C=O) groups is 1. The van der Waals surface area contributed by atoms with Crippen molar-refractivity contribution in [3.63, 3.8) is 0 Å². The van der Waals surface area contributed by atoms with Crippen molar-refractivity contribution in [3.8, 4) is 0 Å². The average molecular weight is 457 g/mol. The Balaban J connectivity index is 1.76. The van der Waals surface area contributed by atoms with Crippen LogP contribution in [0.25, 0.3) is 11.0 Å². The number of fused-ring (bicyclic) bond motifs is 1. The van der Waals surface area contributed by atoms with Gasteiger partial charge < -0.3 is 9.47 Å². The molecule has 0 aliphatic heterocycles. The smallest absolute Gasteiger partial charge is 0.243 e. The van der Waals surface area contributed by atoms with E-state index in [9.17, 15) is 13.2 Å². The molecule has 2 aromatic carbocycles. The molecule has 0 N–H and O–H groups in total. The molecule has 7 nitrogen and oxygen atoms in total. The van der Waals surface area contributed by atoms with E-state index in [-0.39, 0.29) is 10.8 Å². The van der Waals surface area contributed by atoms with Gasteiger partial charge in [-0.3, -0.25) is 4.79 Å². The lowest BCUT2D eigenvalue weighted by Gasteiger charge is -2.21. The van der Waals surface area contributed by atoms with Gasteiger partial charge in [0.15, 0.2) is 0 Å². The van der Waals surface area contributed by atoms with Gasteiger partial charge in [-0.1, -0.05) is 44.2 Å². The molecule has 1 heterocycles. The highest BCUT2D eigenvalue weighted by molar-refractivity contribution is 7.89. The highest BCUT2D eigenvalue weighted by atomic mass is 32.2. The topological polar surface area (TPSA) is 75.5 Å². The summed E-state index contributed by atoms with van der Waals surface area (Å²) in [6.07, 6.45) is 0.843. The van der Waals surface area contributed by atoms with Gasteiger partial charge in [-0.15, -0.1) is 0 Å². The normalized spacial score (nSPS) is 11.9. The van der Waals surface area contributed by atoms with Gasteiger partial charge in [0.05, 0.1) is 15.9 Å². The summed E-state index contributed by atoms with van der Waals surface area (Å²) < 4.78 is 29.1. The first-order valence-electron chi connectivity index (χ1n) is 11.1. The number of amides is 1. The molecule has 1 amide bonds. The summed E-state index contributed by atoms with van der Waals surface area (Å²) in [5, 5.41) is 0. The Morgan fingerprint density at radius 2 is 1.69 bits per heavy atom. The van der Waals surface area contributed by atoms with Gasteiger partial charge in [0.2, 0.25) is 15.9 Å². The van der Waals surface area contributed by atoms with Crippen LogP contribution in [0.2, 0.25) is 0 Å². The fourth-order valence-corrected chi connectivity index (χ4v) is 5.36. The van der Waals surface area contributed by atoms with Gasteiger partial charge in [0, 0.05) is 46.1 Å². The monoisotopic (exact) mass is 456 g/mol. The third-order valence-corrected chi connectivity index (χ3v) is 7.85. The molecule has 0 saturated carbocycles. The second-order valence-corrected chi connectivity index (χ2v) is 9.66. The molecule has 0 bridgehead atoms. The second-order valence-electron chi connectivity index (χ2n) is 7.72. The molecule has 0 unspecified atom stereocenters. The average Bonchev–Trinajstić information content (AvgIpc) is 3.12. The Morgan fingerprint density at radius 1 is 1.00 bits per heavy atom. The number of sulfonamides is 1. The van der Waals surface area contributed by atoms with Crippen LogP contribution in [0.1, 0.15) is 38.6 Å². The zero-order valence-electron chi connectivity index (χ0n) is 19.3. The first kappa shape index (κ1) is 23.9. The minimum Gasteiger partial charge on any atom is -0.339 e. The molecule has 0 aliphatic carbocycles. The van der Waals surface area contributed by atoms with Crippen molar-refractivity contribution in [2.24, 2.45) is 7.05 Å². The molecule has 0 radical (unpaired) electrons. The number of imidazole rings is 1. The molecule has 0 aliphatic rings. The maximum Gasteiger partial charge on any atom is 0.243 e. The van der Waals surface area contributed by atoms with E-state index in [0.29, 0.717) is 44.5 Å². The van der Waals surface area contributed by atoms with Crippen LogP contribution in [0.5, 0.6) is 0 Å². The molecular formula is C24H32N4O3S. The number of nitrogens with zero attached hydrogens (tertiary/aromatic N) is 4. The van der Waals surface area contributed by atoms with Gasteiger partial charge in [0.25, 0.3) is 0 Å². The molecular weight excluding hydrogens is 424 g/mol. The summed E-state index contributed by atoms with van der Waals surface area (Å²) in [5.41, 5.74) is 2.58. The molecule has 3 aromatic rings. The largest absolute Gasteiger partial charge is 0.339 e. The maximum atomic E-state index is 12.8. The summed E-state index contributed by atoms with van der Waals surface area (Å²) in [7, 11) is -1.65. The van der Waals surface area contributed by atoms with Crippen molar-refractivity contribution in [1.29, 1.82) is 0 Å². The van der Waals surface area contributed by atoms with E-state index >= 15 is 0 Å². The lowest BCUT2D eigenvalue weighted by Crippen LogP contribution is -2.30. The van der Waals surface area contributed by atoms with Gasteiger partial charge in [-0.2, -0.15) is 4.31 Å². The Morgan fingerprint density at radius 3 is 2.31 bits per heavy atom. The van der Waals surface area contributed by atoms with E-state index in [1.807, 2.05) is 67.6 Å². The Kier molecular flexibility index (Phi) is 7.69. The Labute approximate surface area is 190 Å². The van der Waals surface area contributed by atoms with Crippen LogP contribution in [0, 0.1) is 0 Å². The fourth-order valence-electron chi connectivity index (χ4n) is 3.88. The van der Waals surface area contributed by atoms with E-state index < -0.39 is 10.0 Å². The van der Waals surface area contributed by atoms with Crippen molar-refractivity contribution < 1.29 is 13.2 Å². The molecule has 0 fully saturated rings. The summed E-state index contributed by atoms with van der Waals surface area (Å²) >= 11 is 0. The first-order valence-corrected chi connectivity index (χ1v) is 12.5. The molecule has 172 valence electrons. The minimum atomic E-state index is -3.54. The Hall–Kier alpha value is -2.71. The predicted octanol–water partition coefficient (Wildman–Crippen LogP) is 3.59. The van der Waals surface area contributed by atoms with Gasteiger partial charge in [0.1, 0.15) is 5.82 Å². The highest BCUT2D eigenvalue weighted by Gasteiger charge is 2.23. The van der Waals surface area contributed by atoms with E-state index in [2.05, 4.69) is 4.98 Å². The third kappa shape index (κ3) is 5.02. The highest BCUT2D eigenvalue weighted by Crippen LogP contribution is 2.23. The van der Waals surface area contributed by atoms with Crippen molar-refractivity contribution in [1.82, 2.24) is 18.8 Å². The Bertz CT molecular complexity index is 1170. The van der Waals surface area contributed by atoms with Crippen molar-refractivity contribution in [2.75, 3.05) is 19.6 Å². The number of rotatable bonds is 10. The van der Waals surface area contributed by atoms with Crippen LogP contribution >= 0.6 is 0 Å². The van der Waals surface area contributed by atoms with Crippen LogP contribution in [-0.4, -0.2) is 52.7 Å². The lowest BCUT2D eigenvalue weighted by molar-refractivity contribution is -0.131. The summed E-state index contributed by atoms with van der Waals surface area (Å²) in [4.78, 5) is 19.5. The standard InChI is InChI=1S/C24H32N4O3S/c1-5-27(18-19-11-9-8-10-12-19)24(29)16-15-23-25-21-17-20(13-14-22(21)26(23)4)32(30,31)28(6-2)7-3/h8-14,17H,5-7,15-16,18H2,1-4H3. The number of carbonyl (C=O) groups excluding carboxylic acids is 1. The molecule has 32 heavy (non-hydrogen) atoms. The molecule has 1 aromatic heterocycles. The van der Waals surface area contributed by atoms with Crippen LogP contribution in [0.4, 0.5) is 0 Å². The molecule has 0 atom stereocenters. The van der Waals surface area contributed by atoms with Crippen molar-refractivity contribution in [3.05, 3.63) is 59.9 Å². The first-order chi connectivity index (χ1) is 15.3. The molecule has 8 heteroatoms. The summed E-state index contributed by atoms with van der Waals surface area (Å²) in [6.45, 7) is 7.70. The minimum absolute atomic E-state index is 0.0770. The molecule has 0 spiro atoms. The van der Waals surface area contributed by atoms with E-state index in [1.54, 1.807) is 18.2 Å². The van der Waals surface area contributed by atoms with Crippen molar-refractivity contribution in [2.45, 2.75) is 45.1 Å². The van der Waals surface area contributed by atoms with Gasteiger partial charge in [-0.05, 0) is 30.7 Å². The number of aromatic nitrogens is 2. The van der Waals surface area contributed by atoms with Crippen LogP contribution in [0.3, 0.4) is 0 Å². The van der Waals surface area contributed by atoms with Crippen LogP contribution < -0.4 is 0 Å². The van der Waals surface area contributed by atoms with E-state index in [4.69, 9.17) is 0 Å². The maximum absolute atomic E-state index is 12.8. The quantitative estimate of drug-likeness (QED) is 0.467. The van der Waals surface area contributed by atoms with Gasteiger partial charge in [-0.25, -0.2) is 13.4 Å². The van der Waals surface area contributed by atoms with Gasteiger partial charge >= 0.3 is 0 Å². The number of benzene rings is 2. The predicted molar refractivity (Wildman–Crippen MR) is 127 cm³/mol. The lowest BCUT2D eigenvalue weighted by atomic mass is 10.2. The van der Waals surface area contributed by atoms with Crippen molar-refractivity contribution >= 4 is 27.0 Å². The zero-order chi connectivity index (χ0) is 23.3. The molecule has 0 saturated heterocycles. The number of hydrogen-bond acceptors (Lipinski definition) is 4. The third-order valence-electron chi connectivity index (χ3n) is 5.80. The van der Waals surface area contributed by atoms with E-state index in [1.165, 1.54) is 4.31 Å². The van der Waals surface area contributed by atoms with Crippen LogP contribution in [-0.2, 0) is 34.8 Å². The van der Waals surface area contributed by atoms with E-state index in [0.717, 1.165) is 16.9 Å².